The number of carbonyl (C=O) groups is 1. The van der Waals surface area contributed by atoms with E-state index in [-0.39, 0.29) is 5.91 Å². The maximum absolute atomic E-state index is 12.3. The van der Waals surface area contributed by atoms with Gasteiger partial charge in [0.25, 0.3) is 5.91 Å². The summed E-state index contributed by atoms with van der Waals surface area (Å²) in [6.07, 6.45) is 3.96. The van der Waals surface area contributed by atoms with Crippen LogP contribution in [0, 0.1) is 0 Å². The standard InChI is InChI=1S/C18H22N4O/c1-20(2)11-12-22-10-8-14-6-7-15(13-17(14)22)19-18(23)16-5-4-9-21(16)3/h4-10,13H,11-12H2,1-3H3,(H,19,23). The van der Waals surface area contributed by atoms with Gasteiger partial charge in [-0.1, -0.05) is 6.07 Å². The van der Waals surface area contributed by atoms with Gasteiger partial charge in [0.15, 0.2) is 0 Å². The van der Waals surface area contributed by atoms with Crippen molar-refractivity contribution in [2.75, 3.05) is 26.0 Å². The Morgan fingerprint density at radius 3 is 2.70 bits per heavy atom. The highest BCUT2D eigenvalue weighted by Gasteiger charge is 2.10. The fourth-order valence-electron chi connectivity index (χ4n) is 2.66. The number of nitrogens with zero attached hydrogens (tertiary/aromatic N) is 3. The molecule has 0 aliphatic heterocycles. The minimum Gasteiger partial charge on any atom is -0.347 e. The van der Waals surface area contributed by atoms with E-state index in [1.807, 2.05) is 48.1 Å². The van der Waals surface area contributed by atoms with E-state index in [4.69, 9.17) is 0 Å². The van der Waals surface area contributed by atoms with Crippen LogP contribution >= 0.6 is 0 Å². The van der Waals surface area contributed by atoms with Crippen molar-refractivity contribution in [2.45, 2.75) is 6.54 Å². The third kappa shape index (κ3) is 3.29. The van der Waals surface area contributed by atoms with Gasteiger partial charge in [-0.05, 0) is 49.8 Å². The summed E-state index contributed by atoms with van der Waals surface area (Å²) >= 11 is 0. The highest BCUT2D eigenvalue weighted by atomic mass is 16.1. The summed E-state index contributed by atoms with van der Waals surface area (Å²) in [6, 6.07) is 11.8. The van der Waals surface area contributed by atoms with Gasteiger partial charge in [0.05, 0.1) is 5.52 Å². The molecule has 3 aromatic rings. The van der Waals surface area contributed by atoms with Crippen molar-refractivity contribution in [3.8, 4) is 0 Å². The van der Waals surface area contributed by atoms with E-state index < -0.39 is 0 Å². The molecule has 2 heterocycles. The molecule has 0 aliphatic carbocycles. The number of hydrogen-bond acceptors (Lipinski definition) is 2. The first kappa shape index (κ1) is 15.4. The zero-order valence-electron chi connectivity index (χ0n) is 13.8. The Bertz CT molecular complexity index is 829. The lowest BCUT2D eigenvalue weighted by molar-refractivity contribution is 0.101. The Morgan fingerprint density at radius 2 is 2.00 bits per heavy atom. The van der Waals surface area contributed by atoms with Crippen LogP contribution in [0.5, 0.6) is 0 Å². The summed E-state index contributed by atoms with van der Waals surface area (Å²) in [5.74, 6) is -0.0942. The second kappa shape index (κ2) is 6.30. The molecule has 5 heteroatoms. The molecular weight excluding hydrogens is 288 g/mol. The molecule has 1 N–H and O–H groups in total. The Morgan fingerprint density at radius 1 is 1.17 bits per heavy atom. The maximum atomic E-state index is 12.3. The van der Waals surface area contributed by atoms with Gasteiger partial charge in [0, 0.05) is 38.2 Å². The van der Waals surface area contributed by atoms with Crippen LogP contribution in [0.3, 0.4) is 0 Å². The van der Waals surface area contributed by atoms with E-state index in [9.17, 15) is 4.79 Å². The van der Waals surface area contributed by atoms with Crippen LogP contribution in [-0.4, -0.2) is 40.6 Å². The average Bonchev–Trinajstić information content (AvgIpc) is 3.11. The minimum absolute atomic E-state index is 0.0942. The molecule has 23 heavy (non-hydrogen) atoms. The summed E-state index contributed by atoms with van der Waals surface area (Å²) in [4.78, 5) is 14.5. The number of aryl methyl sites for hydroxylation is 1. The molecule has 0 unspecified atom stereocenters. The summed E-state index contributed by atoms with van der Waals surface area (Å²) in [6.45, 7) is 1.90. The molecule has 0 saturated carbocycles. The zero-order valence-corrected chi connectivity index (χ0v) is 13.8. The number of carbonyl (C=O) groups excluding carboxylic acids is 1. The molecule has 0 atom stereocenters. The second-order valence-corrected chi connectivity index (χ2v) is 6.04. The second-order valence-electron chi connectivity index (χ2n) is 6.04. The summed E-state index contributed by atoms with van der Waals surface area (Å²) < 4.78 is 4.03. The van der Waals surface area contributed by atoms with Crippen molar-refractivity contribution in [3.63, 3.8) is 0 Å². The Balaban J connectivity index is 1.83. The van der Waals surface area contributed by atoms with Gasteiger partial charge in [0.2, 0.25) is 0 Å². The molecule has 120 valence electrons. The van der Waals surface area contributed by atoms with Gasteiger partial charge in [0.1, 0.15) is 5.69 Å². The molecule has 1 amide bonds. The molecule has 0 fully saturated rings. The number of likely N-dealkylation sites (N-methyl/N-ethyl adjacent to an activating group) is 1. The van der Waals surface area contributed by atoms with Gasteiger partial charge in [-0.25, -0.2) is 0 Å². The molecule has 0 aliphatic rings. The molecule has 0 bridgehead atoms. The van der Waals surface area contributed by atoms with Crippen LogP contribution in [0.1, 0.15) is 10.5 Å². The van der Waals surface area contributed by atoms with E-state index >= 15 is 0 Å². The van der Waals surface area contributed by atoms with Crippen LogP contribution in [0.15, 0.2) is 48.8 Å². The average molecular weight is 310 g/mol. The van der Waals surface area contributed by atoms with Gasteiger partial charge in [-0.2, -0.15) is 0 Å². The van der Waals surface area contributed by atoms with Gasteiger partial charge >= 0.3 is 0 Å². The normalized spacial score (nSPS) is 11.3. The van der Waals surface area contributed by atoms with Crippen molar-refractivity contribution in [1.82, 2.24) is 14.0 Å². The number of hydrogen-bond donors (Lipinski definition) is 1. The molecule has 0 spiro atoms. The number of benzene rings is 1. The predicted molar refractivity (Wildman–Crippen MR) is 93.9 cm³/mol. The van der Waals surface area contributed by atoms with E-state index in [0.717, 1.165) is 24.3 Å². The Hall–Kier alpha value is -2.53. The summed E-state index contributed by atoms with van der Waals surface area (Å²) in [5.41, 5.74) is 2.60. The number of fused-ring (bicyclic) bond motifs is 1. The quantitative estimate of drug-likeness (QED) is 0.787. The van der Waals surface area contributed by atoms with E-state index in [0.29, 0.717) is 5.69 Å². The van der Waals surface area contributed by atoms with Crippen molar-refractivity contribution in [2.24, 2.45) is 7.05 Å². The Kier molecular flexibility index (Phi) is 4.21. The van der Waals surface area contributed by atoms with Crippen LogP contribution in [-0.2, 0) is 13.6 Å². The molecule has 5 nitrogen and oxygen atoms in total. The first-order chi connectivity index (χ1) is 11.0. The SMILES string of the molecule is CN(C)CCn1ccc2ccc(NC(=O)c3cccn3C)cc21. The number of nitrogens with one attached hydrogen (secondary N) is 1. The number of aromatic nitrogens is 2. The first-order valence-corrected chi connectivity index (χ1v) is 7.71. The summed E-state index contributed by atoms with van der Waals surface area (Å²) in [7, 11) is 6.00. The Labute approximate surface area is 136 Å². The zero-order chi connectivity index (χ0) is 16.4. The summed E-state index contributed by atoms with van der Waals surface area (Å²) in [5, 5.41) is 4.16. The minimum atomic E-state index is -0.0942. The van der Waals surface area contributed by atoms with Crippen LogP contribution in [0.4, 0.5) is 5.69 Å². The lowest BCUT2D eigenvalue weighted by Gasteiger charge is -2.12. The molecule has 2 aromatic heterocycles. The monoisotopic (exact) mass is 310 g/mol. The van der Waals surface area contributed by atoms with Crippen LogP contribution in [0.25, 0.3) is 10.9 Å². The molecule has 0 radical (unpaired) electrons. The predicted octanol–water partition coefficient (Wildman–Crippen LogP) is 2.79. The van der Waals surface area contributed by atoms with Gasteiger partial charge in [-0.15, -0.1) is 0 Å². The maximum Gasteiger partial charge on any atom is 0.272 e. The van der Waals surface area contributed by atoms with Crippen molar-refractivity contribution >= 4 is 22.5 Å². The fourth-order valence-corrected chi connectivity index (χ4v) is 2.66. The van der Waals surface area contributed by atoms with E-state index in [2.05, 4.69) is 41.1 Å². The third-order valence-electron chi connectivity index (χ3n) is 4.00. The molecule has 1 aromatic carbocycles. The fraction of sp³-hybridized carbons (Fsp3) is 0.278. The highest BCUT2D eigenvalue weighted by molar-refractivity contribution is 6.04. The first-order valence-electron chi connectivity index (χ1n) is 7.71. The molecule has 0 saturated heterocycles. The van der Waals surface area contributed by atoms with Gasteiger partial charge in [-0.3, -0.25) is 4.79 Å². The highest BCUT2D eigenvalue weighted by Crippen LogP contribution is 2.21. The number of amides is 1. The number of anilines is 1. The van der Waals surface area contributed by atoms with E-state index in [1.54, 1.807) is 0 Å². The van der Waals surface area contributed by atoms with Gasteiger partial charge < -0.3 is 19.4 Å². The topological polar surface area (TPSA) is 42.2 Å². The smallest absolute Gasteiger partial charge is 0.272 e. The van der Waals surface area contributed by atoms with Crippen molar-refractivity contribution in [1.29, 1.82) is 0 Å². The lowest BCUT2D eigenvalue weighted by atomic mass is 10.2. The molecule has 3 rings (SSSR count). The largest absolute Gasteiger partial charge is 0.347 e. The lowest BCUT2D eigenvalue weighted by Crippen LogP contribution is -2.18. The molecular formula is C18H22N4O. The van der Waals surface area contributed by atoms with Crippen LogP contribution < -0.4 is 5.32 Å². The van der Waals surface area contributed by atoms with E-state index in [1.165, 1.54) is 5.39 Å². The van der Waals surface area contributed by atoms with Crippen LogP contribution in [0.2, 0.25) is 0 Å². The number of rotatable bonds is 5. The van der Waals surface area contributed by atoms with Crippen molar-refractivity contribution < 1.29 is 4.79 Å². The van der Waals surface area contributed by atoms with Crippen molar-refractivity contribution in [3.05, 3.63) is 54.5 Å². The third-order valence-corrected chi connectivity index (χ3v) is 4.00.